The van der Waals surface area contributed by atoms with Crippen LogP contribution in [0.4, 0.5) is 13.2 Å². The molecule has 0 atom stereocenters. The molecular weight excluding hydrogens is 345 g/mol. The zero-order valence-electron chi connectivity index (χ0n) is 14.9. The third-order valence-electron chi connectivity index (χ3n) is 4.05. The fourth-order valence-electron chi connectivity index (χ4n) is 2.49. The molecule has 3 nitrogen and oxygen atoms in total. The molecule has 0 N–H and O–H groups in total. The van der Waals surface area contributed by atoms with Crippen LogP contribution >= 0.6 is 0 Å². The summed E-state index contributed by atoms with van der Waals surface area (Å²) in [6.45, 7) is 5.03. The molecule has 0 aliphatic carbocycles. The summed E-state index contributed by atoms with van der Waals surface area (Å²) in [5, 5.41) is 0. The van der Waals surface area contributed by atoms with Crippen LogP contribution in [0.1, 0.15) is 48.9 Å². The molecule has 0 fully saturated rings. The van der Waals surface area contributed by atoms with E-state index < -0.39 is 18.2 Å². The van der Waals surface area contributed by atoms with Crippen LogP contribution in [0, 0.1) is 12.7 Å². The summed E-state index contributed by atoms with van der Waals surface area (Å²) in [5.41, 5.74) is 1.18. The summed E-state index contributed by atoms with van der Waals surface area (Å²) >= 11 is 0. The lowest BCUT2D eigenvalue weighted by molar-refractivity contribution is -0.134. The Morgan fingerprint density at radius 1 is 1.15 bits per heavy atom. The first-order valence-electron chi connectivity index (χ1n) is 8.39. The van der Waals surface area contributed by atoms with Crippen LogP contribution in [0.3, 0.4) is 0 Å². The Morgan fingerprint density at radius 2 is 1.88 bits per heavy atom. The molecule has 140 valence electrons. The zero-order valence-corrected chi connectivity index (χ0v) is 14.9. The normalized spacial score (nSPS) is 10.9. The molecule has 2 aromatic rings. The Labute approximate surface area is 150 Å². The van der Waals surface area contributed by atoms with Gasteiger partial charge < -0.3 is 9.47 Å². The van der Waals surface area contributed by atoms with Crippen LogP contribution in [0.2, 0.25) is 0 Å². The van der Waals surface area contributed by atoms with E-state index in [2.05, 4.69) is 0 Å². The minimum atomic E-state index is -2.79. The molecule has 0 spiro atoms. The topological polar surface area (TPSA) is 35.5 Å². The molecule has 6 heteroatoms. The number of ether oxygens (including phenoxy) is 2. The lowest BCUT2D eigenvalue weighted by Crippen LogP contribution is -2.10. The highest BCUT2D eigenvalue weighted by molar-refractivity contribution is 5.72. The van der Waals surface area contributed by atoms with Crippen molar-refractivity contribution in [2.75, 3.05) is 0 Å². The van der Waals surface area contributed by atoms with E-state index in [9.17, 15) is 18.0 Å². The molecule has 0 bridgehead atoms. The Morgan fingerprint density at radius 3 is 2.50 bits per heavy atom. The quantitative estimate of drug-likeness (QED) is 0.477. The van der Waals surface area contributed by atoms with Gasteiger partial charge in [0.1, 0.15) is 23.9 Å². The van der Waals surface area contributed by atoms with Gasteiger partial charge in [-0.3, -0.25) is 4.79 Å². The molecule has 0 aliphatic heterocycles. The second kappa shape index (κ2) is 8.74. The number of aryl methyl sites for hydroxylation is 2. The predicted octanol–water partition coefficient (Wildman–Crippen LogP) is 5.53. The van der Waals surface area contributed by atoms with Gasteiger partial charge in [-0.05, 0) is 36.6 Å². The Bertz CT molecular complexity index is 788. The number of benzene rings is 2. The van der Waals surface area contributed by atoms with Crippen molar-refractivity contribution in [3.8, 4) is 11.5 Å². The minimum absolute atomic E-state index is 0.121. The molecule has 2 rings (SSSR count). The molecule has 0 unspecified atom stereocenters. The van der Waals surface area contributed by atoms with Crippen LogP contribution < -0.4 is 9.47 Å². The molecule has 0 heterocycles. The van der Waals surface area contributed by atoms with Gasteiger partial charge in [-0.1, -0.05) is 26.0 Å². The first-order valence-corrected chi connectivity index (χ1v) is 8.39. The molecular formula is C20H21F3O3. The monoisotopic (exact) mass is 366 g/mol. The van der Waals surface area contributed by atoms with Crippen LogP contribution in [0.5, 0.6) is 11.5 Å². The van der Waals surface area contributed by atoms with Crippen molar-refractivity contribution >= 4 is 5.97 Å². The van der Waals surface area contributed by atoms with E-state index in [1.165, 1.54) is 0 Å². The van der Waals surface area contributed by atoms with E-state index in [1.54, 1.807) is 39.0 Å². The van der Waals surface area contributed by atoms with Crippen molar-refractivity contribution in [2.24, 2.45) is 0 Å². The SMILES string of the molecule is CCC(=O)Oc1cccc(C)c1COc1cc(F)c(CC)cc1C(F)F. The van der Waals surface area contributed by atoms with Crippen LogP contribution in [0.25, 0.3) is 0 Å². The number of rotatable bonds is 7. The number of carbonyl (C=O) groups is 1. The van der Waals surface area contributed by atoms with Gasteiger partial charge in [-0.15, -0.1) is 0 Å². The second-order valence-corrected chi connectivity index (χ2v) is 5.80. The highest BCUT2D eigenvalue weighted by Crippen LogP contribution is 2.33. The zero-order chi connectivity index (χ0) is 19.3. The minimum Gasteiger partial charge on any atom is -0.488 e. The van der Waals surface area contributed by atoms with Crippen molar-refractivity contribution in [1.82, 2.24) is 0 Å². The average molecular weight is 366 g/mol. The van der Waals surface area contributed by atoms with Crippen molar-refractivity contribution in [1.29, 1.82) is 0 Å². The van der Waals surface area contributed by atoms with Crippen LogP contribution in [-0.2, 0) is 17.8 Å². The number of hydrogen-bond donors (Lipinski definition) is 0. The highest BCUT2D eigenvalue weighted by Gasteiger charge is 2.19. The van der Waals surface area contributed by atoms with Gasteiger partial charge in [0, 0.05) is 18.1 Å². The molecule has 26 heavy (non-hydrogen) atoms. The molecule has 0 amide bonds. The predicted molar refractivity (Wildman–Crippen MR) is 92.2 cm³/mol. The third kappa shape index (κ3) is 4.56. The maximum atomic E-state index is 14.0. The van der Waals surface area contributed by atoms with E-state index in [4.69, 9.17) is 9.47 Å². The summed E-state index contributed by atoms with van der Waals surface area (Å²) in [7, 11) is 0. The standard InChI is InChI=1S/C20H21F3O3/c1-4-13-9-14(20(22)23)18(10-16(13)21)25-11-15-12(3)7-6-8-17(15)26-19(24)5-2/h6-10,20H,4-5,11H2,1-3H3. The summed E-state index contributed by atoms with van der Waals surface area (Å²) < 4.78 is 51.4. The molecule has 2 aromatic carbocycles. The highest BCUT2D eigenvalue weighted by atomic mass is 19.3. The van der Waals surface area contributed by atoms with E-state index in [1.807, 2.05) is 0 Å². The van der Waals surface area contributed by atoms with Crippen molar-refractivity contribution < 1.29 is 27.4 Å². The largest absolute Gasteiger partial charge is 0.488 e. The summed E-state index contributed by atoms with van der Waals surface area (Å²) in [5.74, 6) is -0.912. The summed E-state index contributed by atoms with van der Waals surface area (Å²) in [6, 6.07) is 7.23. The Balaban J connectivity index is 2.32. The molecule has 0 aromatic heterocycles. The van der Waals surface area contributed by atoms with Gasteiger partial charge in [0.2, 0.25) is 0 Å². The fraction of sp³-hybridized carbons (Fsp3) is 0.350. The fourth-order valence-corrected chi connectivity index (χ4v) is 2.49. The number of hydrogen-bond acceptors (Lipinski definition) is 3. The van der Waals surface area contributed by atoms with E-state index in [0.29, 0.717) is 17.7 Å². The van der Waals surface area contributed by atoms with Gasteiger partial charge in [-0.25, -0.2) is 13.2 Å². The van der Waals surface area contributed by atoms with Gasteiger partial charge in [0.15, 0.2) is 0 Å². The third-order valence-corrected chi connectivity index (χ3v) is 4.05. The Hall–Kier alpha value is -2.50. The van der Waals surface area contributed by atoms with Gasteiger partial charge in [-0.2, -0.15) is 0 Å². The van der Waals surface area contributed by atoms with E-state index in [0.717, 1.165) is 17.7 Å². The average Bonchev–Trinajstić information content (AvgIpc) is 2.60. The number of esters is 1. The van der Waals surface area contributed by atoms with E-state index >= 15 is 0 Å². The van der Waals surface area contributed by atoms with Gasteiger partial charge in [0.25, 0.3) is 6.43 Å². The maximum absolute atomic E-state index is 14.0. The first kappa shape index (κ1) is 19.8. The number of carbonyl (C=O) groups excluding carboxylic acids is 1. The lowest BCUT2D eigenvalue weighted by Gasteiger charge is -2.16. The van der Waals surface area contributed by atoms with Crippen molar-refractivity contribution in [3.63, 3.8) is 0 Å². The smallest absolute Gasteiger partial charge is 0.310 e. The molecule has 0 saturated carbocycles. The summed E-state index contributed by atoms with van der Waals surface area (Å²) in [6.07, 6.45) is -2.28. The van der Waals surface area contributed by atoms with Crippen LogP contribution in [-0.4, -0.2) is 5.97 Å². The van der Waals surface area contributed by atoms with Gasteiger partial charge in [0.05, 0.1) is 5.56 Å². The number of halogens is 3. The molecule has 0 saturated heterocycles. The maximum Gasteiger partial charge on any atom is 0.310 e. The number of alkyl halides is 2. The first-order chi connectivity index (χ1) is 12.4. The van der Waals surface area contributed by atoms with E-state index in [-0.39, 0.29) is 29.9 Å². The molecule has 0 radical (unpaired) electrons. The molecule has 0 aliphatic rings. The summed E-state index contributed by atoms with van der Waals surface area (Å²) in [4.78, 5) is 11.6. The second-order valence-electron chi connectivity index (χ2n) is 5.80. The van der Waals surface area contributed by atoms with Gasteiger partial charge >= 0.3 is 5.97 Å². The van der Waals surface area contributed by atoms with Crippen molar-refractivity contribution in [3.05, 3.63) is 58.4 Å². The Kier molecular flexibility index (Phi) is 6.66. The lowest BCUT2D eigenvalue weighted by atomic mass is 10.1. The van der Waals surface area contributed by atoms with Crippen molar-refractivity contribution in [2.45, 2.75) is 46.6 Å². The van der Waals surface area contributed by atoms with Crippen LogP contribution in [0.15, 0.2) is 30.3 Å².